The quantitative estimate of drug-likeness (QED) is 0.777. The molecule has 6 nitrogen and oxygen atoms in total. The van der Waals surface area contributed by atoms with Gasteiger partial charge < -0.3 is 15.0 Å². The molecule has 148 valence electrons. The van der Waals surface area contributed by atoms with E-state index in [-0.39, 0.29) is 17.7 Å². The topological polar surface area (TPSA) is 75.7 Å². The van der Waals surface area contributed by atoms with E-state index in [0.717, 1.165) is 25.7 Å². The second-order valence-corrected chi connectivity index (χ2v) is 7.38. The Labute approximate surface area is 161 Å². The van der Waals surface area contributed by atoms with E-state index in [1.807, 2.05) is 19.9 Å². The number of hydrogen-bond acceptors (Lipinski definition) is 4. The Balaban J connectivity index is 1.97. The molecule has 0 saturated carbocycles. The van der Waals surface area contributed by atoms with Crippen LogP contribution in [0.25, 0.3) is 0 Å². The van der Waals surface area contributed by atoms with Gasteiger partial charge in [0.15, 0.2) is 6.10 Å². The molecule has 0 spiro atoms. The van der Waals surface area contributed by atoms with Crippen LogP contribution in [-0.4, -0.2) is 47.9 Å². The fourth-order valence-corrected chi connectivity index (χ4v) is 3.16. The van der Waals surface area contributed by atoms with Crippen LogP contribution in [0.2, 0.25) is 0 Å². The van der Waals surface area contributed by atoms with Gasteiger partial charge in [-0.25, -0.2) is 4.79 Å². The minimum atomic E-state index is -0.856. The molecule has 2 amide bonds. The van der Waals surface area contributed by atoms with Crippen LogP contribution in [0.1, 0.15) is 56.8 Å². The molecule has 1 aromatic carbocycles. The smallest absolute Gasteiger partial charge is 0.329 e. The summed E-state index contributed by atoms with van der Waals surface area (Å²) in [4.78, 5) is 39.3. The van der Waals surface area contributed by atoms with Crippen molar-refractivity contribution in [1.82, 2.24) is 10.2 Å². The number of carbonyl (C=O) groups excluding carboxylic acids is 3. The lowest BCUT2D eigenvalue weighted by Gasteiger charge is -2.26. The molecule has 1 aliphatic rings. The molecule has 1 heterocycles. The molecule has 2 rings (SSSR count). The summed E-state index contributed by atoms with van der Waals surface area (Å²) in [7, 11) is 0. The van der Waals surface area contributed by atoms with Crippen molar-refractivity contribution in [3.05, 3.63) is 35.9 Å². The van der Waals surface area contributed by atoms with E-state index < -0.39 is 18.1 Å². The predicted octanol–water partition coefficient (Wildman–Crippen LogP) is 2.78. The summed E-state index contributed by atoms with van der Waals surface area (Å²) in [5.74, 6) is -1.24. The largest absolute Gasteiger partial charge is 0.451 e. The Bertz CT molecular complexity index is 637. The van der Waals surface area contributed by atoms with Crippen LogP contribution in [0.5, 0.6) is 0 Å². The van der Waals surface area contributed by atoms with Crippen LogP contribution in [0.4, 0.5) is 0 Å². The molecule has 1 fully saturated rings. The van der Waals surface area contributed by atoms with Crippen molar-refractivity contribution < 1.29 is 19.1 Å². The molecule has 1 aliphatic heterocycles. The first kappa shape index (κ1) is 20.9. The standard InChI is InChI=1S/C21H30N2O4/c1-15(2)18(22-19(24)17-11-7-6-8-12-17)21(26)27-16(3)20(25)23-13-9-4-5-10-14-23/h6-8,11-12,15-16,18H,4-5,9-10,13-14H2,1-3H3,(H,22,24)/t16-,18-/m0/s1. The highest BCUT2D eigenvalue weighted by atomic mass is 16.5. The number of esters is 1. The Morgan fingerprint density at radius 3 is 2.11 bits per heavy atom. The molecule has 0 bridgehead atoms. The first-order chi connectivity index (χ1) is 12.9. The van der Waals surface area contributed by atoms with Gasteiger partial charge in [0.25, 0.3) is 11.8 Å². The zero-order chi connectivity index (χ0) is 19.8. The van der Waals surface area contributed by atoms with Crippen molar-refractivity contribution in [2.24, 2.45) is 5.92 Å². The van der Waals surface area contributed by atoms with Crippen LogP contribution in [0.3, 0.4) is 0 Å². The van der Waals surface area contributed by atoms with Crippen molar-refractivity contribution in [3.63, 3.8) is 0 Å². The zero-order valence-electron chi connectivity index (χ0n) is 16.4. The number of carbonyl (C=O) groups is 3. The lowest BCUT2D eigenvalue weighted by atomic mass is 10.0. The average molecular weight is 374 g/mol. The molecule has 0 aliphatic carbocycles. The summed E-state index contributed by atoms with van der Waals surface area (Å²) in [6.07, 6.45) is 3.35. The van der Waals surface area contributed by atoms with Gasteiger partial charge in [-0.1, -0.05) is 44.9 Å². The summed E-state index contributed by atoms with van der Waals surface area (Å²) < 4.78 is 5.42. The predicted molar refractivity (Wildman–Crippen MR) is 103 cm³/mol. The maximum atomic E-state index is 12.6. The molecule has 0 unspecified atom stereocenters. The Morgan fingerprint density at radius 1 is 0.963 bits per heavy atom. The number of amides is 2. The Hall–Kier alpha value is -2.37. The number of rotatable bonds is 6. The minimum absolute atomic E-state index is 0.161. The summed E-state index contributed by atoms with van der Waals surface area (Å²) >= 11 is 0. The van der Waals surface area contributed by atoms with Gasteiger partial charge in [-0.05, 0) is 37.8 Å². The number of likely N-dealkylation sites (tertiary alicyclic amines) is 1. The highest BCUT2D eigenvalue weighted by Crippen LogP contribution is 2.13. The van der Waals surface area contributed by atoms with Crippen LogP contribution < -0.4 is 5.32 Å². The van der Waals surface area contributed by atoms with Crippen LogP contribution in [0, 0.1) is 5.92 Å². The Morgan fingerprint density at radius 2 is 1.56 bits per heavy atom. The molecular weight excluding hydrogens is 344 g/mol. The molecule has 2 atom stereocenters. The van der Waals surface area contributed by atoms with Crippen molar-refractivity contribution in [1.29, 1.82) is 0 Å². The SMILES string of the molecule is CC(C)[C@H](NC(=O)c1ccccc1)C(=O)O[C@@H](C)C(=O)N1CCCCCC1. The molecule has 1 aromatic rings. The monoisotopic (exact) mass is 374 g/mol. The average Bonchev–Trinajstić information content (AvgIpc) is 2.95. The van der Waals surface area contributed by atoms with Gasteiger partial charge in [0, 0.05) is 18.7 Å². The second-order valence-electron chi connectivity index (χ2n) is 7.38. The Kier molecular flexibility index (Phi) is 7.82. The van der Waals surface area contributed by atoms with Crippen molar-refractivity contribution >= 4 is 17.8 Å². The van der Waals surface area contributed by atoms with E-state index in [2.05, 4.69) is 5.32 Å². The minimum Gasteiger partial charge on any atom is -0.451 e. The first-order valence-corrected chi connectivity index (χ1v) is 9.75. The summed E-state index contributed by atoms with van der Waals surface area (Å²) in [5.41, 5.74) is 0.477. The van der Waals surface area contributed by atoms with Crippen molar-refractivity contribution in [3.8, 4) is 0 Å². The number of ether oxygens (including phenoxy) is 1. The second kappa shape index (κ2) is 10.1. The van der Waals surface area contributed by atoms with Gasteiger partial charge in [0.1, 0.15) is 6.04 Å². The molecule has 1 N–H and O–H groups in total. The lowest BCUT2D eigenvalue weighted by Crippen LogP contribution is -2.48. The highest BCUT2D eigenvalue weighted by molar-refractivity contribution is 5.97. The van der Waals surface area contributed by atoms with Crippen molar-refractivity contribution in [2.75, 3.05) is 13.1 Å². The zero-order valence-corrected chi connectivity index (χ0v) is 16.4. The summed E-state index contributed by atoms with van der Waals surface area (Å²) in [6.45, 7) is 6.68. The van der Waals surface area contributed by atoms with E-state index >= 15 is 0 Å². The van der Waals surface area contributed by atoms with Gasteiger partial charge in [-0.15, -0.1) is 0 Å². The van der Waals surface area contributed by atoms with Crippen LogP contribution in [0.15, 0.2) is 30.3 Å². The van der Waals surface area contributed by atoms with E-state index in [1.54, 1.807) is 36.1 Å². The summed E-state index contributed by atoms with van der Waals surface area (Å²) in [5, 5.41) is 2.73. The molecule has 27 heavy (non-hydrogen) atoms. The molecule has 0 aromatic heterocycles. The van der Waals surface area contributed by atoms with E-state index in [1.165, 1.54) is 0 Å². The van der Waals surface area contributed by atoms with E-state index in [0.29, 0.717) is 18.7 Å². The maximum Gasteiger partial charge on any atom is 0.329 e. The highest BCUT2D eigenvalue weighted by Gasteiger charge is 2.31. The van der Waals surface area contributed by atoms with Gasteiger partial charge >= 0.3 is 5.97 Å². The van der Waals surface area contributed by atoms with Gasteiger partial charge in [-0.3, -0.25) is 9.59 Å². The van der Waals surface area contributed by atoms with Gasteiger partial charge in [0.2, 0.25) is 0 Å². The molecule has 1 saturated heterocycles. The molecule has 6 heteroatoms. The van der Waals surface area contributed by atoms with E-state index in [9.17, 15) is 14.4 Å². The fourth-order valence-electron chi connectivity index (χ4n) is 3.16. The van der Waals surface area contributed by atoms with Crippen molar-refractivity contribution in [2.45, 2.75) is 58.6 Å². The molecule has 0 radical (unpaired) electrons. The third-order valence-corrected chi connectivity index (χ3v) is 4.80. The third-order valence-electron chi connectivity index (χ3n) is 4.80. The van der Waals surface area contributed by atoms with Crippen LogP contribution in [-0.2, 0) is 14.3 Å². The number of nitrogens with zero attached hydrogens (tertiary/aromatic N) is 1. The van der Waals surface area contributed by atoms with Gasteiger partial charge in [0.05, 0.1) is 0 Å². The maximum absolute atomic E-state index is 12.6. The third kappa shape index (κ3) is 6.08. The fraction of sp³-hybridized carbons (Fsp3) is 0.571. The first-order valence-electron chi connectivity index (χ1n) is 9.75. The summed E-state index contributed by atoms with van der Waals surface area (Å²) in [6, 6.07) is 7.91. The van der Waals surface area contributed by atoms with Crippen LogP contribution >= 0.6 is 0 Å². The van der Waals surface area contributed by atoms with E-state index in [4.69, 9.17) is 4.74 Å². The normalized spacial score (nSPS) is 17.0. The lowest BCUT2D eigenvalue weighted by molar-refractivity contribution is -0.161. The molecular formula is C21H30N2O4. The number of nitrogens with one attached hydrogen (secondary N) is 1. The number of hydrogen-bond donors (Lipinski definition) is 1. The number of benzene rings is 1. The van der Waals surface area contributed by atoms with Gasteiger partial charge in [-0.2, -0.15) is 0 Å².